The Morgan fingerprint density at radius 1 is 1.04 bits per heavy atom. The van der Waals surface area contributed by atoms with Crippen LogP contribution in [-0.2, 0) is 4.79 Å². The van der Waals surface area contributed by atoms with E-state index in [9.17, 15) is 9.18 Å². The minimum atomic E-state index is -0.301. The number of hydrogen-bond acceptors (Lipinski definition) is 3. The second kappa shape index (κ2) is 8.96. The van der Waals surface area contributed by atoms with Gasteiger partial charge in [-0.1, -0.05) is 23.7 Å². The molecule has 4 nitrogen and oxygen atoms in total. The van der Waals surface area contributed by atoms with Crippen LogP contribution >= 0.6 is 11.6 Å². The fraction of sp³-hybridized carbons (Fsp3) is 0.0476. The summed E-state index contributed by atoms with van der Waals surface area (Å²) in [5, 5.41) is 3.16. The highest BCUT2D eigenvalue weighted by molar-refractivity contribution is 6.33. The van der Waals surface area contributed by atoms with Gasteiger partial charge >= 0.3 is 0 Å². The van der Waals surface area contributed by atoms with Crippen molar-refractivity contribution in [2.75, 3.05) is 11.9 Å². The van der Waals surface area contributed by atoms with E-state index >= 15 is 0 Å². The number of rotatable bonds is 6. The molecule has 0 heterocycles. The average Bonchev–Trinajstić information content (AvgIpc) is 2.68. The SMILES string of the molecule is O=C(COc1ccc(C=Nc2ccc(F)cc2)cc1)Nc1ccccc1Cl. The zero-order chi connectivity index (χ0) is 19.1. The molecule has 3 aromatic rings. The summed E-state index contributed by atoms with van der Waals surface area (Å²) in [7, 11) is 0. The summed E-state index contributed by atoms with van der Waals surface area (Å²) in [5.41, 5.74) is 2.06. The second-order valence-electron chi connectivity index (χ2n) is 5.62. The van der Waals surface area contributed by atoms with Gasteiger partial charge in [0.25, 0.3) is 5.91 Å². The molecule has 0 saturated heterocycles. The van der Waals surface area contributed by atoms with E-state index in [-0.39, 0.29) is 18.3 Å². The fourth-order valence-corrected chi connectivity index (χ4v) is 2.41. The van der Waals surface area contributed by atoms with Gasteiger partial charge in [-0.05, 0) is 66.2 Å². The lowest BCUT2D eigenvalue weighted by molar-refractivity contribution is -0.118. The van der Waals surface area contributed by atoms with Crippen LogP contribution in [0.25, 0.3) is 0 Å². The van der Waals surface area contributed by atoms with Crippen LogP contribution in [0.15, 0.2) is 77.8 Å². The topological polar surface area (TPSA) is 50.7 Å². The number of nitrogens with one attached hydrogen (secondary N) is 1. The highest BCUT2D eigenvalue weighted by Gasteiger charge is 2.06. The molecule has 0 bridgehead atoms. The lowest BCUT2D eigenvalue weighted by Crippen LogP contribution is -2.20. The number of anilines is 1. The molecule has 0 fully saturated rings. The number of carbonyl (C=O) groups excluding carboxylic acids is 1. The number of para-hydroxylation sites is 1. The molecule has 1 N–H and O–H groups in total. The van der Waals surface area contributed by atoms with Gasteiger partial charge in [0.05, 0.1) is 16.4 Å². The normalized spacial score (nSPS) is 10.7. The number of hydrogen-bond donors (Lipinski definition) is 1. The van der Waals surface area contributed by atoms with Gasteiger partial charge in [0.1, 0.15) is 11.6 Å². The third-order valence-electron chi connectivity index (χ3n) is 3.59. The van der Waals surface area contributed by atoms with Gasteiger partial charge in [0.2, 0.25) is 0 Å². The maximum Gasteiger partial charge on any atom is 0.262 e. The largest absolute Gasteiger partial charge is 0.484 e. The van der Waals surface area contributed by atoms with E-state index in [1.165, 1.54) is 12.1 Å². The maximum absolute atomic E-state index is 12.9. The zero-order valence-corrected chi connectivity index (χ0v) is 15.0. The summed E-state index contributed by atoms with van der Waals surface area (Å²) in [6, 6.07) is 20.0. The summed E-state index contributed by atoms with van der Waals surface area (Å²) >= 11 is 6.00. The molecular formula is C21H16ClFN2O2. The monoisotopic (exact) mass is 382 g/mol. The third-order valence-corrected chi connectivity index (χ3v) is 3.92. The van der Waals surface area contributed by atoms with Crippen molar-refractivity contribution in [1.29, 1.82) is 0 Å². The lowest BCUT2D eigenvalue weighted by Gasteiger charge is -2.08. The Morgan fingerprint density at radius 2 is 1.74 bits per heavy atom. The predicted octanol–water partition coefficient (Wildman–Crippen LogP) is 5.25. The van der Waals surface area contributed by atoms with E-state index in [1.54, 1.807) is 54.7 Å². The van der Waals surface area contributed by atoms with Crippen molar-refractivity contribution in [2.45, 2.75) is 0 Å². The third kappa shape index (κ3) is 5.66. The van der Waals surface area contributed by atoms with E-state index in [1.807, 2.05) is 12.1 Å². The van der Waals surface area contributed by atoms with E-state index in [0.717, 1.165) is 5.56 Å². The number of carbonyl (C=O) groups is 1. The fourth-order valence-electron chi connectivity index (χ4n) is 2.22. The summed E-state index contributed by atoms with van der Waals surface area (Å²) in [4.78, 5) is 16.2. The molecule has 3 rings (SSSR count). The van der Waals surface area contributed by atoms with Gasteiger partial charge in [-0.15, -0.1) is 0 Å². The van der Waals surface area contributed by atoms with Crippen molar-refractivity contribution in [3.63, 3.8) is 0 Å². The summed E-state index contributed by atoms with van der Waals surface area (Å²) in [6.45, 7) is -0.131. The minimum absolute atomic E-state index is 0.131. The molecule has 0 aliphatic rings. The van der Waals surface area contributed by atoms with Crippen molar-refractivity contribution in [3.05, 3.63) is 89.2 Å². The van der Waals surface area contributed by atoms with E-state index in [0.29, 0.717) is 22.1 Å². The van der Waals surface area contributed by atoms with Crippen LogP contribution in [0.5, 0.6) is 5.75 Å². The molecule has 0 unspecified atom stereocenters. The van der Waals surface area contributed by atoms with Crippen molar-refractivity contribution in [3.8, 4) is 5.75 Å². The van der Waals surface area contributed by atoms with Gasteiger partial charge in [0.15, 0.2) is 6.61 Å². The maximum atomic E-state index is 12.9. The predicted molar refractivity (Wildman–Crippen MR) is 106 cm³/mol. The number of nitrogens with zero attached hydrogens (tertiary/aromatic N) is 1. The number of halogens is 2. The van der Waals surface area contributed by atoms with Crippen molar-refractivity contribution < 1.29 is 13.9 Å². The van der Waals surface area contributed by atoms with Gasteiger partial charge < -0.3 is 10.1 Å². The van der Waals surface area contributed by atoms with Crippen LogP contribution in [-0.4, -0.2) is 18.7 Å². The van der Waals surface area contributed by atoms with E-state index in [2.05, 4.69) is 10.3 Å². The Morgan fingerprint density at radius 3 is 2.44 bits per heavy atom. The first-order chi connectivity index (χ1) is 13.1. The first-order valence-corrected chi connectivity index (χ1v) is 8.55. The van der Waals surface area contributed by atoms with Crippen molar-refractivity contribution in [2.24, 2.45) is 4.99 Å². The zero-order valence-electron chi connectivity index (χ0n) is 14.2. The number of amides is 1. The smallest absolute Gasteiger partial charge is 0.262 e. The molecule has 0 aromatic heterocycles. The Balaban J connectivity index is 1.52. The molecule has 27 heavy (non-hydrogen) atoms. The van der Waals surface area contributed by atoms with Gasteiger partial charge in [-0.3, -0.25) is 9.79 Å². The van der Waals surface area contributed by atoms with E-state index < -0.39 is 0 Å². The van der Waals surface area contributed by atoms with Gasteiger partial charge in [0, 0.05) is 6.21 Å². The molecule has 0 saturated carbocycles. The molecule has 6 heteroatoms. The Kier molecular flexibility index (Phi) is 6.18. The van der Waals surface area contributed by atoms with Crippen LogP contribution in [0.4, 0.5) is 15.8 Å². The summed E-state index contributed by atoms with van der Waals surface area (Å²) in [5.74, 6) is -0.0395. The Bertz CT molecular complexity index is 941. The van der Waals surface area contributed by atoms with Crippen LogP contribution in [0.3, 0.4) is 0 Å². The van der Waals surface area contributed by atoms with Crippen LogP contribution in [0.1, 0.15) is 5.56 Å². The molecule has 0 atom stereocenters. The lowest BCUT2D eigenvalue weighted by atomic mass is 10.2. The van der Waals surface area contributed by atoms with Crippen LogP contribution in [0.2, 0.25) is 5.02 Å². The van der Waals surface area contributed by atoms with Gasteiger partial charge in [-0.25, -0.2) is 4.39 Å². The molecule has 0 aliphatic heterocycles. The number of ether oxygens (including phenoxy) is 1. The minimum Gasteiger partial charge on any atom is -0.484 e. The summed E-state index contributed by atoms with van der Waals surface area (Å²) < 4.78 is 18.3. The Labute approximate surface area is 161 Å². The molecule has 0 aliphatic carbocycles. The quantitative estimate of drug-likeness (QED) is 0.592. The van der Waals surface area contributed by atoms with Crippen molar-refractivity contribution >= 4 is 35.1 Å². The number of aliphatic imine (C=N–C) groups is 1. The van der Waals surface area contributed by atoms with E-state index in [4.69, 9.17) is 16.3 Å². The summed E-state index contributed by atoms with van der Waals surface area (Å²) in [6.07, 6.45) is 1.67. The average molecular weight is 383 g/mol. The molecule has 3 aromatic carbocycles. The molecule has 136 valence electrons. The highest BCUT2D eigenvalue weighted by Crippen LogP contribution is 2.20. The number of benzene rings is 3. The van der Waals surface area contributed by atoms with Crippen molar-refractivity contribution in [1.82, 2.24) is 0 Å². The molecule has 0 radical (unpaired) electrons. The first kappa shape index (κ1) is 18.6. The molecular weight excluding hydrogens is 367 g/mol. The van der Waals surface area contributed by atoms with Crippen LogP contribution in [0, 0.1) is 5.82 Å². The van der Waals surface area contributed by atoms with Gasteiger partial charge in [-0.2, -0.15) is 0 Å². The molecule has 1 amide bonds. The standard InChI is InChI=1S/C21H16ClFN2O2/c22-19-3-1-2-4-20(19)25-21(26)14-27-18-11-5-15(6-12-18)13-24-17-9-7-16(23)8-10-17/h1-13H,14H2,(H,25,26). The Hall–Kier alpha value is -3.18. The first-order valence-electron chi connectivity index (χ1n) is 8.17. The van der Waals surface area contributed by atoms with Crippen LogP contribution < -0.4 is 10.1 Å². The molecule has 0 spiro atoms. The highest BCUT2D eigenvalue weighted by atomic mass is 35.5. The second-order valence-corrected chi connectivity index (χ2v) is 6.03.